The molecule has 7 nitrogen and oxygen atoms in total. The van der Waals surface area contributed by atoms with Crippen LogP contribution in [0.4, 0.5) is 0 Å². The third kappa shape index (κ3) is 2.95. The van der Waals surface area contributed by atoms with Gasteiger partial charge in [0.25, 0.3) is 16.1 Å². The summed E-state index contributed by atoms with van der Waals surface area (Å²) in [5.41, 5.74) is 0. The molecule has 0 aromatic carbocycles. The normalized spacial score (nSPS) is 27.4. The van der Waals surface area contributed by atoms with Gasteiger partial charge in [0.15, 0.2) is 0 Å². The smallest absolute Gasteiger partial charge is 0.277 e. The van der Waals surface area contributed by atoms with Crippen LogP contribution in [0.2, 0.25) is 0 Å². The number of rotatable bonds is 2. The number of carbonyl (C=O) groups excluding carboxylic acids is 1. The molecule has 2 saturated heterocycles. The second kappa shape index (κ2) is 4.89. The molecule has 2 heterocycles. The maximum atomic E-state index is 12.0. The van der Waals surface area contributed by atoms with Crippen molar-refractivity contribution in [3.63, 3.8) is 0 Å². The molecule has 1 amide bonds. The molecule has 2 rings (SSSR count). The maximum absolute atomic E-state index is 12.0. The Morgan fingerprint density at radius 2 is 1.88 bits per heavy atom. The number of carbonyl (C=O) groups is 1. The Hall–Kier alpha value is -0.700. The number of nitrogens with two attached hydrogens (primary N) is 1. The van der Waals surface area contributed by atoms with Gasteiger partial charge in [-0.05, 0) is 12.8 Å². The summed E-state index contributed by atoms with van der Waals surface area (Å²) in [5, 5.41) is 5.02. The first-order chi connectivity index (χ1) is 7.98. The van der Waals surface area contributed by atoms with Crippen molar-refractivity contribution in [3.05, 3.63) is 0 Å². The lowest BCUT2D eigenvalue weighted by Gasteiger charge is -2.34. The molecular weight excluding hydrogens is 246 g/mol. The molecular formula is C9H17N3O4S. The first kappa shape index (κ1) is 12.7. The van der Waals surface area contributed by atoms with Gasteiger partial charge in [-0.2, -0.15) is 12.7 Å². The monoisotopic (exact) mass is 263 g/mol. The molecule has 2 N–H and O–H groups in total. The molecule has 0 spiro atoms. The lowest BCUT2D eigenvalue weighted by molar-refractivity contribution is -0.142. The van der Waals surface area contributed by atoms with Crippen molar-refractivity contribution < 1.29 is 17.9 Å². The van der Waals surface area contributed by atoms with Crippen molar-refractivity contribution >= 4 is 16.1 Å². The Bertz CT molecular complexity index is 383. The van der Waals surface area contributed by atoms with Crippen LogP contribution in [0.15, 0.2) is 0 Å². The third-order valence-corrected chi connectivity index (χ3v) is 4.20. The molecule has 2 aliphatic rings. The zero-order valence-electron chi connectivity index (χ0n) is 9.54. The van der Waals surface area contributed by atoms with Gasteiger partial charge in [-0.1, -0.05) is 0 Å². The van der Waals surface area contributed by atoms with Crippen LogP contribution in [0, 0.1) is 0 Å². The number of piperazine rings is 1. The number of ether oxygens (including phenoxy) is 1. The number of amides is 1. The van der Waals surface area contributed by atoms with Crippen LogP contribution in [-0.4, -0.2) is 62.4 Å². The van der Waals surface area contributed by atoms with Crippen LogP contribution < -0.4 is 5.14 Å². The van der Waals surface area contributed by atoms with Crippen molar-refractivity contribution in [2.24, 2.45) is 5.14 Å². The molecule has 0 aliphatic carbocycles. The fourth-order valence-corrected chi connectivity index (χ4v) is 2.81. The largest absolute Gasteiger partial charge is 0.368 e. The standard InChI is InChI=1S/C9H17N3O4S/c10-17(14,15)12-5-3-11(4-6-12)9(13)8-2-1-7-16-8/h8H,1-7H2,(H2,10,14,15). The average molecular weight is 263 g/mol. The van der Waals surface area contributed by atoms with Crippen LogP contribution in [-0.2, 0) is 19.7 Å². The Kier molecular flexibility index (Phi) is 3.67. The fraction of sp³-hybridized carbons (Fsp3) is 0.889. The number of hydrogen-bond donors (Lipinski definition) is 1. The zero-order chi connectivity index (χ0) is 12.5. The Morgan fingerprint density at radius 3 is 2.35 bits per heavy atom. The summed E-state index contributed by atoms with van der Waals surface area (Å²) in [6.45, 7) is 1.92. The maximum Gasteiger partial charge on any atom is 0.277 e. The van der Waals surface area contributed by atoms with Gasteiger partial charge in [-0.25, -0.2) is 5.14 Å². The summed E-state index contributed by atoms with van der Waals surface area (Å²) in [6, 6.07) is 0. The highest BCUT2D eigenvalue weighted by atomic mass is 32.2. The van der Waals surface area contributed by atoms with Gasteiger partial charge >= 0.3 is 0 Å². The molecule has 0 saturated carbocycles. The number of nitrogens with zero attached hydrogens (tertiary/aromatic N) is 2. The summed E-state index contributed by atoms with van der Waals surface area (Å²) in [6.07, 6.45) is 1.33. The van der Waals surface area contributed by atoms with Crippen LogP contribution >= 0.6 is 0 Å². The molecule has 0 aromatic heterocycles. The molecule has 2 fully saturated rings. The van der Waals surface area contributed by atoms with Crippen molar-refractivity contribution in [2.75, 3.05) is 32.8 Å². The summed E-state index contributed by atoms with van der Waals surface area (Å²) in [7, 11) is -3.63. The molecule has 1 unspecified atom stereocenters. The van der Waals surface area contributed by atoms with Crippen LogP contribution in [0.1, 0.15) is 12.8 Å². The topological polar surface area (TPSA) is 92.9 Å². The van der Waals surface area contributed by atoms with E-state index in [1.165, 1.54) is 4.31 Å². The van der Waals surface area contributed by atoms with Crippen LogP contribution in [0.25, 0.3) is 0 Å². The second-order valence-electron chi connectivity index (χ2n) is 4.27. The minimum Gasteiger partial charge on any atom is -0.368 e. The first-order valence-electron chi connectivity index (χ1n) is 5.67. The third-order valence-electron chi connectivity index (χ3n) is 3.12. The van der Waals surface area contributed by atoms with E-state index in [-0.39, 0.29) is 25.1 Å². The van der Waals surface area contributed by atoms with Gasteiger partial charge in [0.05, 0.1) is 0 Å². The van der Waals surface area contributed by atoms with Crippen molar-refractivity contribution in [2.45, 2.75) is 18.9 Å². The van der Waals surface area contributed by atoms with Crippen molar-refractivity contribution in [3.8, 4) is 0 Å². The summed E-state index contributed by atoms with van der Waals surface area (Å²) in [5.74, 6) is -0.0310. The van der Waals surface area contributed by atoms with E-state index >= 15 is 0 Å². The zero-order valence-corrected chi connectivity index (χ0v) is 10.4. The van der Waals surface area contributed by atoms with E-state index in [2.05, 4.69) is 0 Å². The quantitative estimate of drug-likeness (QED) is 0.657. The van der Waals surface area contributed by atoms with E-state index < -0.39 is 10.2 Å². The molecule has 2 aliphatic heterocycles. The minimum atomic E-state index is -3.63. The van der Waals surface area contributed by atoms with E-state index in [1.807, 2.05) is 0 Å². The molecule has 17 heavy (non-hydrogen) atoms. The van der Waals surface area contributed by atoms with Crippen molar-refractivity contribution in [1.82, 2.24) is 9.21 Å². The van der Waals surface area contributed by atoms with Crippen LogP contribution in [0.5, 0.6) is 0 Å². The molecule has 0 aromatic rings. The Balaban J connectivity index is 1.88. The molecule has 1 atom stereocenters. The predicted molar refractivity (Wildman–Crippen MR) is 60.2 cm³/mol. The Morgan fingerprint density at radius 1 is 1.24 bits per heavy atom. The molecule has 0 radical (unpaired) electrons. The summed E-state index contributed by atoms with van der Waals surface area (Å²) < 4.78 is 28.7. The van der Waals surface area contributed by atoms with Gasteiger partial charge in [-0.3, -0.25) is 4.79 Å². The van der Waals surface area contributed by atoms with E-state index in [0.29, 0.717) is 19.7 Å². The lowest BCUT2D eigenvalue weighted by Crippen LogP contribution is -2.54. The predicted octanol–water partition coefficient (Wildman–Crippen LogP) is -1.49. The lowest BCUT2D eigenvalue weighted by atomic mass is 10.2. The second-order valence-corrected chi connectivity index (χ2v) is 5.82. The number of hydrogen-bond acceptors (Lipinski definition) is 4. The van der Waals surface area contributed by atoms with Crippen molar-refractivity contribution in [1.29, 1.82) is 0 Å². The molecule has 0 bridgehead atoms. The van der Waals surface area contributed by atoms with Gasteiger partial charge < -0.3 is 9.64 Å². The van der Waals surface area contributed by atoms with Gasteiger partial charge in [0.2, 0.25) is 0 Å². The average Bonchev–Trinajstić information content (AvgIpc) is 2.80. The highest BCUT2D eigenvalue weighted by Gasteiger charge is 2.32. The van der Waals surface area contributed by atoms with Crippen LogP contribution in [0.3, 0.4) is 0 Å². The summed E-state index contributed by atoms with van der Waals surface area (Å²) in [4.78, 5) is 13.6. The summed E-state index contributed by atoms with van der Waals surface area (Å²) >= 11 is 0. The molecule has 98 valence electrons. The van der Waals surface area contributed by atoms with E-state index in [1.54, 1.807) is 4.90 Å². The van der Waals surface area contributed by atoms with Gasteiger partial charge in [0, 0.05) is 32.8 Å². The first-order valence-corrected chi connectivity index (χ1v) is 7.17. The van der Waals surface area contributed by atoms with E-state index in [4.69, 9.17) is 9.88 Å². The fourth-order valence-electron chi connectivity index (χ4n) is 2.14. The van der Waals surface area contributed by atoms with E-state index in [0.717, 1.165) is 12.8 Å². The minimum absolute atomic E-state index is 0.0310. The highest BCUT2D eigenvalue weighted by Crippen LogP contribution is 2.16. The highest BCUT2D eigenvalue weighted by molar-refractivity contribution is 7.86. The molecule has 8 heteroatoms. The van der Waals surface area contributed by atoms with Gasteiger partial charge in [0.1, 0.15) is 6.10 Å². The SMILES string of the molecule is NS(=O)(=O)N1CCN(C(=O)C2CCCO2)CC1. The van der Waals surface area contributed by atoms with E-state index in [9.17, 15) is 13.2 Å². The van der Waals surface area contributed by atoms with Gasteiger partial charge in [-0.15, -0.1) is 0 Å². The Labute approximate surface area is 101 Å².